The Labute approximate surface area is 62.5 Å². The summed E-state index contributed by atoms with van der Waals surface area (Å²) in [6.45, 7) is 6.22. The molecule has 0 saturated carbocycles. The first kappa shape index (κ1) is 11.0. The Balaban J connectivity index is 0. The molecule has 0 aromatic heterocycles. The van der Waals surface area contributed by atoms with Gasteiger partial charge in [0.15, 0.2) is 0 Å². The van der Waals surface area contributed by atoms with Gasteiger partial charge in [-0.2, -0.15) is 0 Å². The minimum Gasteiger partial charge on any atom is -0.120 e. The largest absolute Gasteiger partial charge is 0.120 e. The van der Waals surface area contributed by atoms with Crippen molar-refractivity contribution >= 4 is 0 Å². The van der Waals surface area contributed by atoms with Crippen molar-refractivity contribution in [2.24, 2.45) is 5.41 Å². The van der Waals surface area contributed by atoms with Crippen LogP contribution in [0.25, 0.3) is 0 Å². The average Bonchev–Trinajstić information content (AvgIpc) is 1.68. The second kappa shape index (κ2) is 4.01. The van der Waals surface area contributed by atoms with Gasteiger partial charge in [-0.1, -0.05) is 6.92 Å². The predicted molar refractivity (Wildman–Crippen MR) is 32.9 cm³/mol. The van der Waals surface area contributed by atoms with Crippen LogP contribution in [-0.2, 0) is 17.1 Å². The molecule has 0 aromatic carbocycles. The van der Waals surface area contributed by atoms with E-state index in [-0.39, 0.29) is 22.5 Å². The quantitative estimate of drug-likeness (QED) is 0.406. The first-order chi connectivity index (χ1) is 3.12. The molecule has 8 heavy (non-hydrogen) atoms. The summed E-state index contributed by atoms with van der Waals surface area (Å²) in [5, 5.41) is 0. The van der Waals surface area contributed by atoms with E-state index >= 15 is 0 Å². The van der Waals surface area contributed by atoms with Gasteiger partial charge in [0.1, 0.15) is 0 Å². The molecule has 0 N–H and O–H groups in total. The molecule has 0 spiro atoms. The molecule has 0 aliphatic rings. The molecule has 0 unspecified atom stereocenters. The van der Waals surface area contributed by atoms with Crippen molar-refractivity contribution in [3.63, 3.8) is 0 Å². The van der Waals surface area contributed by atoms with Crippen LogP contribution in [0.1, 0.15) is 27.2 Å². The zero-order chi connectivity index (χ0) is 5.91. The third-order valence-corrected chi connectivity index (χ3v) is 1.27. The third kappa shape index (κ3) is 4.24. The van der Waals surface area contributed by atoms with Gasteiger partial charge in [-0.05, 0) is 20.3 Å². The van der Waals surface area contributed by atoms with E-state index in [1.54, 1.807) is 0 Å². The Bertz CT molecular complexity index is 87.1. The van der Waals surface area contributed by atoms with E-state index in [9.17, 15) is 0 Å². The maximum atomic E-state index is 5.17. The summed E-state index contributed by atoms with van der Waals surface area (Å²) in [5.74, 6) is 2.69. The Kier molecular flexibility index (Phi) is 5.49. The number of terminal acetylenes is 1. The van der Waals surface area contributed by atoms with Gasteiger partial charge in [0.05, 0.1) is 0 Å². The van der Waals surface area contributed by atoms with E-state index in [0.717, 1.165) is 6.42 Å². The maximum Gasteiger partial charge on any atom is 0.0253 e. The Hall–Kier alpha value is 0.0795. The summed E-state index contributed by atoms with van der Waals surface area (Å²) in [6.07, 6.45) is 6.23. The Morgan fingerprint density at radius 2 is 1.88 bits per heavy atom. The molecule has 0 bridgehead atoms. The molecule has 51 valence electrons. The van der Waals surface area contributed by atoms with Crippen molar-refractivity contribution in [1.82, 2.24) is 0 Å². The van der Waals surface area contributed by atoms with Gasteiger partial charge in [0.2, 0.25) is 0 Å². The number of rotatable bonds is 1. The number of hydrogen-bond donors (Lipinski definition) is 0. The standard InChI is InChI=1S/C7H12.Cu/c1-5-7(3,4)6-2;/h1H,6H2,2-4H3;. The first-order valence-electron chi connectivity index (χ1n) is 2.60. The fourth-order valence-corrected chi connectivity index (χ4v) is 0.102. The minimum atomic E-state index is 0. The van der Waals surface area contributed by atoms with E-state index in [1.165, 1.54) is 0 Å². The van der Waals surface area contributed by atoms with E-state index < -0.39 is 0 Å². The second-order valence-electron chi connectivity index (χ2n) is 2.38. The van der Waals surface area contributed by atoms with Gasteiger partial charge in [-0.25, -0.2) is 0 Å². The van der Waals surface area contributed by atoms with E-state index in [2.05, 4.69) is 26.7 Å². The van der Waals surface area contributed by atoms with E-state index in [0.29, 0.717) is 0 Å². The molecule has 0 heterocycles. The molecule has 0 fully saturated rings. The summed E-state index contributed by atoms with van der Waals surface area (Å²) in [5.41, 5.74) is 0.111. The van der Waals surface area contributed by atoms with Gasteiger partial charge in [0.25, 0.3) is 0 Å². The van der Waals surface area contributed by atoms with Crippen LogP contribution in [0.15, 0.2) is 0 Å². The zero-order valence-corrected chi connectivity index (χ0v) is 6.53. The molecule has 1 heteroatoms. The minimum absolute atomic E-state index is 0. The zero-order valence-electron chi connectivity index (χ0n) is 5.59. The van der Waals surface area contributed by atoms with E-state index in [4.69, 9.17) is 6.42 Å². The van der Waals surface area contributed by atoms with Gasteiger partial charge >= 0.3 is 0 Å². The summed E-state index contributed by atoms with van der Waals surface area (Å²) in [7, 11) is 0. The van der Waals surface area contributed by atoms with Crippen LogP contribution >= 0.6 is 0 Å². The molecule has 0 rings (SSSR count). The average molecular weight is 160 g/mol. The summed E-state index contributed by atoms with van der Waals surface area (Å²) < 4.78 is 0. The van der Waals surface area contributed by atoms with Crippen LogP contribution in [-0.4, -0.2) is 0 Å². The molecular formula is C7H12Cu. The van der Waals surface area contributed by atoms with Crippen LogP contribution in [0.4, 0.5) is 0 Å². The van der Waals surface area contributed by atoms with Gasteiger partial charge < -0.3 is 0 Å². The van der Waals surface area contributed by atoms with Crippen LogP contribution < -0.4 is 0 Å². The van der Waals surface area contributed by atoms with Gasteiger partial charge in [-0.3, -0.25) is 0 Å². The van der Waals surface area contributed by atoms with Crippen molar-refractivity contribution in [2.45, 2.75) is 27.2 Å². The van der Waals surface area contributed by atoms with Crippen molar-refractivity contribution in [2.75, 3.05) is 0 Å². The van der Waals surface area contributed by atoms with Gasteiger partial charge in [0, 0.05) is 22.5 Å². The Morgan fingerprint density at radius 1 is 1.50 bits per heavy atom. The monoisotopic (exact) mass is 159 g/mol. The summed E-state index contributed by atoms with van der Waals surface area (Å²) >= 11 is 0. The summed E-state index contributed by atoms with van der Waals surface area (Å²) in [6, 6.07) is 0. The van der Waals surface area contributed by atoms with Crippen molar-refractivity contribution < 1.29 is 17.1 Å². The topological polar surface area (TPSA) is 0 Å². The smallest absolute Gasteiger partial charge is 0.0253 e. The molecule has 0 aliphatic heterocycles. The van der Waals surface area contributed by atoms with E-state index in [1.807, 2.05) is 0 Å². The molecule has 0 amide bonds. The van der Waals surface area contributed by atoms with Crippen molar-refractivity contribution in [3.8, 4) is 12.3 Å². The molecular weight excluding hydrogens is 148 g/mol. The molecule has 0 aromatic rings. The second-order valence-corrected chi connectivity index (χ2v) is 2.38. The fraction of sp³-hybridized carbons (Fsp3) is 0.714. The van der Waals surface area contributed by atoms with Gasteiger partial charge in [-0.15, -0.1) is 12.3 Å². The van der Waals surface area contributed by atoms with Crippen LogP contribution in [0, 0.1) is 17.8 Å². The molecule has 1 radical (unpaired) electrons. The Morgan fingerprint density at radius 3 is 1.88 bits per heavy atom. The van der Waals surface area contributed by atoms with Crippen molar-refractivity contribution in [1.29, 1.82) is 0 Å². The van der Waals surface area contributed by atoms with Crippen LogP contribution in [0.3, 0.4) is 0 Å². The van der Waals surface area contributed by atoms with Crippen LogP contribution in [0.5, 0.6) is 0 Å². The molecule has 0 atom stereocenters. The molecule has 0 aliphatic carbocycles. The maximum absolute atomic E-state index is 5.17. The summed E-state index contributed by atoms with van der Waals surface area (Å²) in [4.78, 5) is 0. The van der Waals surface area contributed by atoms with Crippen LogP contribution in [0.2, 0.25) is 0 Å². The first-order valence-corrected chi connectivity index (χ1v) is 2.60. The van der Waals surface area contributed by atoms with Crippen molar-refractivity contribution in [3.05, 3.63) is 0 Å². The SMILES string of the molecule is C#CC(C)(C)CC.[Cu]. The molecule has 0 saturated heterocycles. The predicted octanol–water partition coefficient (Wildman–Crippen LogP) is 2.05. The number of hydrogen-bond acceptors (Lipinski definition) is 0. The third-order valence-electron chi connectivity index (χ3n) is 1.27. The molecule has 0 nitrogen and oxygen atoms in total. The normalized spacial score (nSPS) is 9.25. The fourth-order valence-electron chi connectivity index (χ4n) is 0.102.